The number of allylic oxidation sites excluding steroid dienone is 22. The molecule has 0 spiro atoms. The molecule has 0 saturated carbocycles. The van der Waals surface area contributed by atoms with Gasteiger partial charge in [0.25, 0.3) is 0 Å². The van der Waals surface area contributed by atoms with Gasteiger partial charge in [-0.05, 0) is 109 Å². The zero-order chi connectivity index (χ0) is 56.2. The van der Waals surface area contributed by atoms with Gasteiger partial charge in [-0.2, -0.15) is 0 Å². The van der Waals surface area contributed by atoms with Gasteiger partial charge in [0.15, 0.2) is 12.4 Å². The van der Waals surface area contributed by atoms with Gasteiger partial charge in [-0.3, -0.25) is 9.59 Å². The van der Waals surface area contributed by atoms with E-state index in [2.05, 4.69) is 148 Å². The first kappa shape index (κ1) is 72.4. The van der Waals surface area contributed by atoms with Crippen molar-refractivity contribution in [1.29, 1.82) is 0 Å². The third kappa shape index (κ3) is 58.9. The molecular formula is C68H111NO8. The van der Waals surface area contributed by atoms with Crippen LogP contribution in [0.5, 0.6) is 0 Å². The minimum Gasteiger partial charge on any atom is -0.545 e. The molecule has 0 N–H and O–H groups in total. The van der Waals surface area contributed by atoms with E-state index in [0.29, 0.717) is 23.9 Å². The predicted molar refractivity (Wildman–Crippen MR) is 324 cm³/mol. The van der Waals surface area contributed by atoms with Crippen LogP contribution in [0.4, 0.5) is 0 Å². The van der Waals surface area contributed by atoms with Crippen molar-refractivity contribution in [2.75, 3.05) is 47.5 Å². The van der Waals surface area contributed by atoms with Crippen molar-refractivity contribution in [2.24, 2.45) is 0 Å². The summed E-state index contributed by atoms with van der Waals surface area (Å²) in [5.41, 5.74) is 0. The molecule has 0 aromatic rings. The molecule has 2 unspecified atom stereocenters. The Bertz CT molecular complexity index is 1720. The van der Waals surface area contributed by atoms with Crippen LogP contribution in [-0.2, 0) is 33.3 Å². The number of likely N-dealkylation sites (N-methyl/N-ethyl adjacent to an activating group) is 1. The summed E-state index contributed by atoms with van der Waals surface area (Å²) >= 11 is 0. The number of ether oxygens (including phenoxy) is 4. The summed E-state index contributed by atoms with van der Waals surface area (Å²) in [5.74, 6) is -2.32. The minimum atomic E-state index is -1.64. The smallest absolute Gasteiger partial charge is 0.306 e. The maximum atomic E-state index is 12.9. The number of carboxylic acid groups (broad SMARTS) is 1. The molecule has 0 aliphatic heterocycles. The van der Waals surface area contributed by atoms with Crippen LogP contribution in [0.25, 0.3) is 0 Å². The molecule has 0 aromatic carbocycles. The van der Waals surface area contributed by atoms with Gasteiger partial charge in [-0.25, -0.2) is 0 Å². The number of carbonyl (C=O) groups is 3. The van der Waals surface area contributed by atoms with E-state index in [9.17, 15) is 19.5 Å². The molecule has 2 atom stereocenters. The van der Waals surface area contributed by atoms with E-state index in [1.807, 2.05) is 21.1 Å². The van der Waals surface area contributed by atoms with Crippen molar-refractivity contribution in [1.82, 2.24) is 0 Å². The Hall–Kier alpha value is -4.57. The Balaban J connectivity index is 4.26. The lowest BCUT2D eigenvalue weighted by Gasteiger charge is -2.26. The summed E-state index contributed by atoms with van der Waals surface area (Å²) < 4.78 is 22.7. The Kier molecular flexibility index (Phi) is 54.2. The molecule has 9 nitrogen and oxygen atoms in total. The maximum absolute atomic E-state index is 12.9. The molecule has 9 heteroatoms. The van der Waals surface area contributed by atoms with Gasteiger partial charge in [-0.15, -0.1) is 0 Å². The van der Waals surface area contributed by atoms with Crippen molar-refractivity contribution < 1.29 is 42.9 Å². The molecule has 0 fully saturated rings. The SMILES string of the molecule is CC/C=C\C/C=C\C/C=C\C/C=C\C/C=C\C/C=C\CCCCCCCCCCCCCCC(=O)OC(COC(=O)CCCCCCC/C=C\C/C=C\C/C=C\C/C=C\C/C=C\CC)COC(OCC[N+](C)(C)C)C(=O)[O-]. The lowest BCUT2D eigenvalue weighted by molar-refractivity contribution is -0.870. The molecule has 0 rings (SSSR count). The first-order valence-corrected chi connectivity index (χ1v) is 30.3. The lowest BCUT2D eigenvalue weighted by Crippen LogP contribution is -2.44. The first-order valence-electron chi connectivity index (χ1n) is 30.3. The van der Waals surface area contributed by atoms with Crippen LogP contribution in [-0.4, -0.2) is 82.3 Å². The largest absolute Gasteiger partial charge is 0.545 e. The van der Waals surface area contributed by atoms with Crippen LogP contribution >= 0.6 is 0 Å². The molecule has 0 aromatic heterocycles. The summed E-state index contributed by atoms with van der Waals surface area (Å²) in [4.78, 5) is 37.4. The van der Waals surface area contributed by atoms with Gasteiger partial charge in [0.1, 0.15) is 13.2 Å². The molecule has 0 radical (unpaired) electrons. The number of rotatable bonds is 54. The Morgan fingerprint density at radius 2 is 0.701 bits per heavy atom. The minimum absolute atomic E-state index is 0.137. The van der Waals surface area contributed by atoms with Crippen molar-refractivity contribution in [2.45, 2.75) is 232 Å². The molecular weight excluding hydrogens is 959 g/mol. The van der Waals surface area contributed by atoms with Gasteiger partial charge >= 0.3 is 11.9 Å². The molecule has 0 heterocycles. The zero-order valence-corrected chi connectivity index (χ0v) is 49.5. The van der Waals surface area contributed by atoms with E-state index in [-0.39, 0.29) is 38.6 Å². The number of quaternary nitrogens is 1. The fourth-order valence-corrected chi connectivity index (χ4v) is 7.80. The Morgan fingerprint density at radius 3 is 1.04 bits per heavy atom. The lowest BCUT2D eigenvalue weighted by atomic mass is 10.0. The second-order valence-electron chi connectivity index (χ2n) is 20.9. The number of carboxylic acids is 1. The van der Waals surface area contributed by atoms with Crippen LogP contribution in [0.3, 0.4) is 0 Å². The number of aliphatic carboxylic acids is 1. The normalized spacial score (nSPS) is 13.7. The van der Waals surface area contributed by atoms with Crippen molar-refractivity contribution >= 4 is 17.9 Å². The number of hydrogen-bond donors (Lipinski definition) is 0. The highest BCUT2D eigenvalue weighted by atomic mass is 16.7. The van der Waals surface area contributed by atoms with Crippen LogP contribution < -0.4 is 5.11 Å². The molecule has 436 valence electrons. The fraction of sp³-hybridized carbons (Fsp3) is 0.632. The van der Waals surface area contributed by atoms with E-state index in [1.54, 1.807) is 0 Å². The number of nitrogens with zero attached hydrogens (tertiary/aromatic N) is 1. The average Bonchev–Trinajstić information content (AvgIpc) is 3.40. The van der Waals surface area contributed by atoms with Gasteiger partial charge < -0.3 is 33.3 Å². The average molecular weight is 1070 g/mol. The summed E-state index contributed by atoms with van der Waals surface area (Å²) in [6.45, 7) is 4.48. The zero-order valence-electron chi connectivity index (χ0n) is 49.5. The second-order valence-corrected chi connectivity index (χ2v) is 20.9. The number of hydrogen-bond acceptors (Lipinski definition) is 8. The predicted octanol–water partition coefficient (Wildman–Crippen LogP) is 16.9. The van der Waals surface area contributed by atoms with E-state index in [1.165, 1.54) is 57.8 Å². The third-order valence-electron chi connectivity index (χ3n) is 12.4. The van der Waals surface area contributed by atoms with Crippen LogP contribution in [0.2, 0.25) is 0 Å². The first-order chi connectivity index (χ1) is 37.6. The van der Waals surface area contributed by atoms with E-state index >= 15 is 0 Å². The molecule has 77 heavy (non-hydrogen) atoms. The highest BCUT2D eigenvalue weighted by Crippen LogP contribution is 2.15. The summed E-state index contributed by atoms with van der Waals surface area (Å²) in [5, 5.41) is 11.8. The highest BCUT2D eigenvalue weighted by molar-refractivity contribution is 5.70. The second kappa shape index (κ2) is 57.6. The maximum Gasteiger partial charge on any atom is 0.306 e. The number of carbonyl (C=O) groups excluding carboxylic acids is 3. The summed E-state index contributed by atoms with van der Waals surface area (Å²) in [6.07, 6.45) is 79.3. The highest BCUT2D eigenvalue weighted by Gasteiger charge is 2.22. The quantitative estimate of drug-likeness (QED) is 0.0195. The molecule has 0 amide bonds. The van der Waals surface area contributed by atoms with Gasteiger partial charge in [0.2, 0.25) is 0 Å². The van der Waals surface area contributed by atoms with Gasteiger partial charge in [-0.1, -0.05) is 231 Å². The Morgan fingerprint density at radius 1 is 0.390 bits per heavy atom. The summed E-state index contributed by atoms with van der Waals surface area (Å²) in [7, 11) is 5.91. The monoisotopic (exact) mass is 1070 g/mol. The van der Waals surface area contributed by atoms with Crippen LogP contribution in [0.1, 0.15) is 219 Å². The van der Waals surface area contributed by atoms with E-state index < -0.39 is 24.3 Å². The molecule has 0 aliphatic carbocycles. The van der Waals surface area contributed by atoms with Crippen molar-refractivity contribution in [3.63, 3.8) is 0 Å². The Labute approximate surface area is 471 Å². The van der Waals surface area contributed by atoms with Crippen molar-refractivity contribution in [3.05, 3.63) is 134 Å². The van der Waals surface area contributed by atoms with Crippen LogP contribution in [0, 0.1) is 0 Å². The number of esters is 2. The fourth-order valence-electron chi connectivity index (χ4n) is 7.80. The molecule has 0 aliphatic rings. The number of unbranched alkanes of at least 4 members (excludes halogenated alkanes) is 17. The standard InChI is InChI=1S/C68H111NO8/c1-6-8-10-12-14-16-18-20-22-24-26-28-29-30-31-32-33-34-35-36-37-39-41-43-45-47-49-51-53-55-57-59-66(71)77-64(63-76-68(67(72)73)74-61-60-69(3,4)5)62-75-65(70)58-56-54-52-50-48-46-44-42-40-38-27-25-23-21-19-17-15-13-11-9-7-2/h8-11,14-17,20-23,26-28,30-31,33-34,38,42,44,64,68H,6-7,12-13,18-19,24-25,29,32,35-37,39-41,43,45-63H2,1-5H3/b10-8-,11-9-,16-14-,17-15-,22-20-,23-21-,28-26-,31-30-,34-33-,38-27-,44-42-. The van der Waals surface area contributed by atoms with Crippen LogP contribution in [0.15, 0.2) is 134 Å². The molecule has 0 saturated heterocycles. The topological polar surface area (TPSA) is 111 Å². The summed E-state index contributed by atoms with van der Waals surface area (Å²) in [6, 6.07) is 0. The van der Waals surface area contributed by atoms with Crippen molar-refractivity contribution in [3.8, 4) is 0 Å². The third-order valence-corrected chi connectivity index (χ3v) is 12.4. The van der Waals surface area contributed by atoms with Gasteiger partial charge in [0, 0.05) is 12.8 Å². The molecule has 0 bridgehead atoms. The van der Waals surface area contributed by atoms with Gasteiger partial charge in [0.05, 0.1) is 40.3 Å². The van der Waals surface area contributed by atoms with E-state index in [4.69, 9.17) is 18.9 Å². The van der Waals surface area contributed by atoms with E-state index in [0.717, 1.165) is 122 Å².